The maximum Gasteiger partial charge on any atom is 0.293 e. The van der Waals surface area contributed by atoms with Gasteiger partial charge in [-0.05, 0) is 84.5 Å². The fraction of sp³-hybridized carbons (Fsp3) is 0.0385. The van der Waals surface area contributed by atoms with Crippen LogP contribution in [0.2, 0.25) is 5.02 Å². The maximum absolute atomic E-state index is 12.7. The molecule has 6 nitrogen and oxygen atoms in total. The highest BCUT2D eigenvalue weighted by molar-refractivity contribution is 7.80. The third-order valence-corrected chi connectivity index (χ3v) is 5.90. The van der Waals surface area contributed by atoms with Crippen molar-refractivity contribution in [2.45, 2.75) is 6.54 Å². The quantitative estimate of drug-likeness (QED) is 0.351. The minimum absolute atomic E-state index is 0.0180. The first-order chi connectivity index (χ1) is 16.5. The van der Waals surface area contributed by atoms with Crippen LogP contribution < -0.4 is 15.5 Å². The predicted octanol–water partition coefficient (Wildman–Crippen LogP) is 5.89. The van der Waals surface area contributed by atoms with Gasteiger partial charge in [0.25, 0.3) is 11.8 Å². The average molecular weight is 488 g/mol. The van der Waals surface area contributed by atoms with E-state index in [0.29, 0.717) is 23.0 Å². The number of halogens is 1. The van der Waals surface area contributed by atoms with Crippen molar-refractivity contribution in [3.8, 4) is 11.3 Å². The van der Waals surface area contributed by atoms with Crippen molar-refractivity contribution >= 4 is 52.1 Å². The molecule has 0 unspecified atom stereocenters. The SMILES string of the molecule is O=C(NC(=S)Nc1ccc(N2Cc3ccccc3C2=O)cc1)c1ccc(-c2ccc(Cl)cc2)o1. The number of nitrogens with one attached hydrogen (secondary N) is 2. The highest BCUT2D eigenvalue weighted by atomic mass is 35.5. The van der Waals surface area contributed by atoms with Crippen LogP contribution in [0, 0.1) is 0 Å². The van der Waals surface area contributed by atoms with Crippen molar-refractivity contribution in [2.24, 2.45) is 0 Å². The summed E-state index contributed by atoms with van der Waals surface area (Å²) in [4.78, 5) is 26.9. The van der Waals surface area contributed by atoms with Gasteiger partial charge in [0.2, 0.25) is 0 Å². The standard InChI is InChI=1S/C26H18ClN3O3S/c27-18-7-5-16(6-8-18)22-13-14-23(33-22)24(31)29-26(34)28-19-9-11-20(12-10-19)30-15-17-3-1-2-4-21(17)25(30)32/h1-14H,15H2,(H2,28,29,31,34). The van der Waals surface area contributed by atoms with Crippen LogP contribution in [0.3, 0.4) is 0 Å². The fourth-order valence-corrected chi connectivity index (χ4v) is 4.08. The van der Waals surface area contributed by atoms with Crippen molar-refractivity contribution in [3.63, 3.8) is 0 Å². The second-order valence-electron chi connectivity index (χ2n) is 7.67. The molecule has 34 heavy (non-hydrogen) atoms. The molecule has 1 aliphatic heterocycles. The maximum atomic E-state index is 12.7. The Labute approximate surface area is 206 Å². The third kappa shape index (κ3) is 4.44. The Morgan fingerprint density at radius 1 is 0.941 bits per heavy atom. The molecule has 1 aromatic heterocycles. The Morgan fingerprint density at radius 3 is 2.41 bits per heavy atom. The summed E-state index contributed by atoms with van der Waals surface area (Å²) in [5.74, 6) is 0.205. The normalized spacial score (nSPS) is 12.4. The zero-order valence-electron chi connectivity index (χ0n) is 17.7. The van der Waals surface area contributed by atoms with Gasteiger partial charge in [0.15, 0.2) is 10.9 Å². The zero-order valence-corrected chi connectivity index (χ0v) is 19.3. The smallest absolute Gasteiger partial charge is 0.293 e. The Kier molecular flexibility index (Phi) is 5.88. The first-order valence-corrected chi connectivity index (χ1v) is 11.2. The summed E-state index contributed by atoms with van der Waals surface area (Å²) in [6.07, 6.45) is 0. The lowest BCUT2D eigenvalue weighted by Gasteiger charge is -2.16. The number of anilines is 2. The van der Waals surface area contributed by atoms with E-state index in [9.17, 15) is 9.59 Å². The van der Waals surface area contributed by atoms with E-state index >= 15 is 0 Å². The Bertz CT molecular complexity index is 1400. The van der Waals surface area contributed by atoms with Crippen LogP contribution in [0.25, 0.3) is 11.3 Å². The number of hydrogen-bond donors (Lipinski definition) is 2. The van der Waals surface area contributed by atoms with Crippen molar-refractivity contribution in [1.82, 2.24) is 5.32 Å². The number of nitrogens with zero attached hydrogens (tertiary/aromatic N) is 1. The predicted molar refractivity (Wildman–Crippen MR) is 136 cm³/mol. The van der Waals surface area contributed by atoms with E-state index in [4.69, 9.17) is 28.2 Å². The molecule has 2 N–H and O–H groups in total. The van der Waals surface area contributed by atoms with Crippen LogP contribution >= 0.6 is 23.8 Å². The van der Waals surface area contributed by atoms with Gasteiger partial charge in [-0.3, -0.25) is 14.9 Å². The number of fused-ring (bicyclic) bond motifs is 1. The minimum Gasteiger partial charge on any atom is -0.451 e. The molecule has 1 aliphatic rings. The van der Waals surface area contributed by atoms with Crippen molar-refractivity contribution in [3.05, 3.63) is 107 Å². The molecule has 2 amide bonds. The van der Waals surface area contributed by atoms with Gasteiger partial charge in [0, 0.05) is 27.5 Å². The number of thiocarbonyl (C=S) groups is 1. The number of carbonyl (C=O) groups excluding carboxylic acids is 2. The van der Waals surface area contributed by atoms with Crippen LogP contribution in [0.15, 0.2) is 89.3 Å². The van der Waals surface area contributed by atoms with Crippen molar-refractivity contribution < 1.29 is 14.0 Å². The van der Waals surface area contributed by atoms with Gasteiger partial charge in [-0.25, -0.2) is 0 Å². The average Bonchev–Trinajstić information content (AvgIpc) is 3.46. The molecule has 4 aromatic rings. The highest BCUT2D eigenvalue weighted by Crippen LogP contribution is 2.29. The van der Waals surface area contributed by atoms with Gasteiger partial charge in [0.05, 0.1) is 6.54 Å². The summed E-state index contributed by atoms with van der Waals surface area (Å²) in [6, 6.07) is 25.3. The molecular formula is C26H18ClN3O3S. The summed E-state index contributed by atoms with van der Waals surface area (Å²) in [7, 11) is 0. The lowest BCUT2D eigenvalue weighted by molar-refractivity contribution is 0.0950. The van der Waals surface area contributed by atoms with E-state index in [1.165, 1.54) is 0 Å². The Balaban J connectivity index is 1.20. The van der Waals surface area contributed by atoms with Gasteiger partial charge < -0.3 is 14.6 Å². The lowest BCUT2D eigenvalue weighted by Crippen LogP contribution is -2.33. The fourth-order valence-electron chi connectivity index (χ4n) is 3.74. The topological polar surface area (TPSA) is 74.6 Å². The number of furan rings is 1. The van der Waals surface area contributed by atoms with Gasteiger partial charge in [-0.2, -0.15) is 0 Å². The molecule has 8 heteroatoms. The van der Waals surface area contributed by atoms with Crippen LogP contribution in [-0.4, -0.2) is 16.9 Å². The molecular weight excluding hydrogens is 470 g/mol. The van der Waals surface area contributed by atoms with Gasteiger partial charge in [-0.1, -0.05) is 29.8 Å². The van der Waals surface area contributed by atoms with E-state index in [0.717, 1.165) is 22.4 Å². The van der Waals surface area contributed by atoms with Crippen LogP contribution in [0.5, 0.6) is 0 Å². The Hall–Kier alpha value is -3.94. The number of rotatable bonds is 4. The molecule has 2 heterocycles. The number of hydrogen-bond acceptors (Lipinski definition) is 4. The molecule has 0 atom stereocenters. The second-order valence-corrected chi connectivity index (χ2v) is 8.52. The molecule has 0 bridgehead atoms. The molecule has 0 saturated carbocycles. The van der Waals surface area contributed by atoms with E-state index in [-0.39, 0.29) is 16.8 Å². The number of benzene rings is 3. The molecule has 0 fully saturated rings. The van der Waals surface area contributed by atoms with Crippen molar-refractivity contribution in [1.29, 1.82) is 0 Å². The summed E-state index contributed by atoms with van der Waals surface area (Å²) in [6.45, 7) is 0.539. The lowest BCUT2D eigenvalue weighted by atomic mass is 10.1. The van der Waals surface area contributed by atoms with Crippen molar-refractivity contribution in [2.75, 3.05) is 10.2 Å². The molecule has 168 valence electrons. The van der Waals surface area contributed by atoms with Gasteiger partial charge >= 0.3 is 0 Å². The third-order valence-electron chi connectivity index (χ3n) is 5.44. The van der Waals surface area contributed by atoms with E-state index in [1.54, 1.807) is 41.3 Å². The monoisotopic (exact) mass is 487 g/mol. The molecule has 0 saturated heterocycles. The second kappa shape index (κ2) is 9.13. The summed E-state index contributed by atoms with van der Waals surface area (Å²) in [5, 5.41) is 6.33. The molecule has 0 radical (unpaired) electrons. The van der Waals surface area contributed by atoms with E-state index in [2.05, 4.69) is 10.6 Å². The van der Waals surface area contributed by atoms with Gasteiger partial charge in [0.1, 0.15) is 5.76 Å². The molecule has 3 aromatic carbocycles. The Morgan fingerprint density at radius 2 is 1.68 bits per heavy atom. The van der Waals surface area contributed by atoms with E-state index in [1.807, 2.05) is 48.5 Å². The van der Waals surface area contributed by atoms with Crippen LogP contribution in [0.1, 0.15) is 26.5 Å². The van der Waals surface area contributed by atoms with Crippen LogP contribution in [-0.2, 0) is 6.54 Å². The largest absolute Gasteiger partial charge is 0.451 e. The van der Waals surface area contributed by atoms with E-state index < -0.39 is 5.91 Å². The molecule has 0 spiro atoms. The van der Waals surface area contributed by atoms with Gasteiger partial charge in [-0.15, -0.1) is 0 Å². The molecule has 5 rings (SSSR count). The van der Waals surface area contributed by atoms with Crippen LogP contribution in [0.4, 0.5) is 11.4 Å². The summed E-state index contributed by atoms with van der Waals surface area (Å²) < 4.78 is 5.65. The minimum atomic E-state index is -0.463. The number of carbonyl (C=O) groups is 2. The molecule has 0 aliphatic carbocycles. The highest BCUT2D eigenvalue weighted by Gasteiger charge is 2.27. The first-order valence-electron chi connectivity index (χ1n) is 10.5. The summed E-state index contributed by atoms with van der Waals surface area (Å²) >= 11 is 11.2. The first kappa shape index (κ1) is 21.9. The number of amides is 2. The zero-order chi connectivity index (χ0) is 23.7. The summed E-state index contributed by atoms with van der Waals surface area (Å²) in [5.41, 5.74) is 4.01.